The number of fused-ring (bicyclic) bond motifs is 1. The lowest BCUT2D eigenvalue weighted by molar-refractivity contribution is -0.148. The molecule has 296 valence electrons. The van der Waals surface area contributed by atoms with Gasteiger partial charge in [-0.15, -0.1) is 0 Å². The third kappa shape index (κ3) is 8.13. The van der Waals surface area contributed by atoms with Gasteiger partial charge in [-0.2, -0.15) is 0 Å². The number of hydrogen-bond acceptors (Lipinski definition) is 11. The van der Waals surface area contributed by atoms with Crippen molar-refractivity contribution in [3.05, 3.63) is 65.9 Å². The van der Waals surface area contributed by atoms with Crippen molar-refractivity contribution in [1.82, 2.24) is 14.8 Å². The second-order valence-corrected chi connectivity index (χ2v) is 17.5. The van der Waals surface area contributed by atoms with E-state index in [4.69, 9.17) is 18.9 Å². The summed E-state index contributed by atoms with van der Waals surface area (Å²) < 4.78 is 22.0. The van der Waals surface area contributed by atoms with E-state index < -0.39 is 66.4 Å². The van der Waals surface area contributed by atoms with E-state index in [0.717, 1.165) is 42.2 Å². The molecule has 3 heterocycles. The maximum Gasteiger partial charge on any atom is 0.411 e. The maximum absolute atomic E-state index is 13.1. The molecule has 2 saturated carbocycles. The molecule has 2 spiro atoms. The van der Waals surface area contributed by atoms with Crippen molar-refractivity contribution in [1.29, 1.82) is 0 Å². The molecule has 2 aliphatic heterocycles. The Hall–Kier alpha value is -5.33. The Morgan fingerprint density at radius 3 is 1.59 bits per heavy atom. The zero-order valence-electron chi connectivity index (χ0n) is 32.8. The SMILES string of the molecule is CC(C)(C)OC(=O)N1[C@H](C(=O)OCC(=O)c2ccc(-c3ccc4nc(C(=O)COC(=O)[C@@H]5CCC6(CC6)N5C(=O)OC(C)(C)C)ccc4c3)cc2)CCC12CC2. The van der Waals surface area contributed by atoms with Gasteiger partial charge in [0.1, 0.15) is 29.0 Å². The van der Waals surface area contributed by atoms with Crippen molar-refractivity contribution in [2.45, 2.75) is 127 Å². The second-order valence-electron chi connectivity index (χ2n) is 17.5. The Bertz CT molecular complexity index is 2090. The van der Waals surface area contributed by atoms with Crippen LogP contribution in [0.15, 0.2) is 54.6 Å². The zero-order chi connectivity index (χ0) is 40.2. The predicted molar refractivity (Wildman–Crippen MR) is 204 cm³/mol. The van der Waals surface area contributed by atoms with Crippen molar-refractivity contribution >= 4 is 46.6 Å². The minimum absolute atomic E-state index is 0.147. The molecule has 0 N–H and O–H groups in total. The number of likely N-dealkylation sites (tertiary alicyclic amines) is 2. The van der Waals surface area contributed by atoms with Crippen molar-refractivity contribution < 1.29 is 47.7 Å². The highest BCUT2D eigenvalue weighted by Gasteiger charge is 2.61. The molecule has 3 aromatic rings. The van der Waals surface area contributed by atoms with Gasteiger partial charge < -0.3 is 18.9 Å². The first kappa shape index (κ1) is 38.9. The van der Waals surface area contributed by atoms with Crippen molar-refractivity contribution in [3.8, 4) is 11.1 Å². The van der Waals surface area contributed by atoms with Gasteiger partial charge in [-0.05, 0) is 122 Å². The van der Waals surface area contributed by atoms with Gasteiger partial charge in [0.2, 0.25) is 5.78 Å². The van der Waals surface area contributed by atoms with Gasteiger partial charge in [-0.1, -0.05) is 36.4 Å². The number of hydrogen-bond donors (Lipinski definition) is 0. The first-order valence-electron chi connectivity index (χ1n) is 19.3. The highest BCUT2D eigenvalue weighted by Crippen LogP contribution is 2.53. The number of ketones is 2. The molecule has 1 aromatic heterocycles. The molecular weight excluding hydrogens is 718 g/mol. The summed E-state index contributed by atoms with van der Waals surface area (Å²) in [5, 5.41) is 0.775. The maximum atomic E-state index is 13.1. The Morgan fingerprint density at radius 1 is 0.625 bits per heavy atom. The average Bonchev–Trinajstić information content (AvgIpc) is 4.01. The molecule has 56 heavy (non-hydrogen) atoms. The van der Waals surface area contributed by atoms with Crippen LogP contribution in [0.5, 0.6) is 0 Å². The Balaban J connectivity index is 0.930. The summed E-state index contributed by atoms with van der Waals surface area (Å²) in [5.41, 5.74) is 0.649. The largest absolute Gasteiger partial charge is 0.456 e. The lowest BCUT2D eigenvalue weighted by atomic mass is 10.0. The molecule has 0 bridgehead atoms. The second kappa shape index (κ2) is 14.3. The number of pyridine rings is 1. The van der Waals surface area contributed by atoms with Crippen LogP contribution in [0, 0.1) is 0 Å². The van der Waals surface area contributed by atoms with Crippen molar-refractivity contribution in [2.24, 2.45) is 0 Å². The molecule has 4 fully saturated rings. The van der Waals surface area contributed by atoms with Crippen LogP contribution < -0.4 is 0 Å². The first-order chi connectivity index (χ1) is 26.4. The fraction of sp³-hybridized carbons (Fsp3) is 0.512. The zero-order valence-corrected chi connectivity index (χ0v) is 32.8. The summed E-state index contributed by atoms with van der Waals surface area (Å²) in [6.45, 7) is 9.72. The molecular formula is C43H49N3O10. The minimum Gasteiger partial charge on any atom is -0.456 e. The van der Waals surface area contributed by atoms with Gasteiger partial charge in [0.15, 0.2) is 19.0 Å². The highest BCUT2D eigenvalue weighted by atomic mass is 16.6. The number of Topliss-reactive ketones (excluding diaryl/α,β-unsaturated/α-hetero) is 2. The van der Waals surface area contributed by atoms with E-state index in [0.29, 0.717) is 36.8 Å². The van der Waals surface area contributed by atoms with Crippen molar-refractivity contribution in [3.63, 3.8) is 0 Å². The summed E-state index contributed by atoms with van der Waals surface area (Å²) in [4.78, 5) is 85.8. The lowest BCUT2D eigenvalue weighted by Gasteiger charge is -2.31. The molecule has 2 aliphatic carbocycles. The van der Waals surface area contributed by atoms with E-state index in [-0.39, 0.29) is 22.6 Å². The lowest BCUT2D eigenvalue weighted by Crippen LogP contribution is -2.49. The fourth-order valence-corrected chi connectivity index (χ4v) is 7.88. The molecule has 2 aromatic carbocycles. The van der Waals surface area contributed by atoms with Crippen LogP contribution >= 0.6 is 0 Å². The highest BCUT2D eigenvalue weighted by molar-refractivity contribution is 6.00. The van der Waals surface area contributed by atoms with Crippen LogP contribution in [0.25, 0.3) is 22.0 Å². The predicted octanol–water partition coefficient (Wildman–Crippen LogP) is 7.22. The normalized spacial score (nSPS) is 20.5. The molecule has 0 radical (unpaired) electrons. The number of carbonyl (C=O) groups excluding carboxylic acids is 6. The van der Waals surface area contributed by atoms with Gasteiger partial charge >= 0.3 is 24.1 Å². The summed E-state index contributed by atoms with van der Waals surface area (Å²) in [7, 11) is 0. The number of aromatic nitrogens is 1. The number of ether oxygens (including phenoxy) is 4. The quantitative estimate of drug-likeness (QED) is 0.123. The van der Waals surface area contributed by atoms with Crippen LogP contribution in [0.4, 0.5) is 9.59 Å². The van der Waals surface area contributed by atoms with E-state index in [9.17, 15) is 28.8 Å². The molecule has 2 amide bonds. The summed E-state index contributed by atoms with van der Waals surface area (Å²) in [6, 6.07) is 14.2. The van der Waals surface area contributed by atoms with Crippen LogP contribution in [-0.4, -0.2) is 98.1 Å². The van der Waals surface area contributed by atoms with E-state index in [2.05, 4.69) is 4.98 Å². The van der Waals surface area contributed by atoms with E-state index in [1.165, 1.54) is 9.80 Å². The molecule has 13 nitrogen and oxygen atoms in total. The smallest absolute Gasteiger partial charge is 0.411 e. The van der Waals surface area contributed by atoms with E-state index in [1.807, 2.05) is 12.1 Å². The third-order valence-corrected chi connectivity index (χ3v) is 11.0. The number of nitrogens with zero attached hydrogens (tertiary/aromatic N) is 3. The minimum atomic E-state index is -0.803. The van der Waals surface area contributed by atoms with Gasteiger partial charge in [0, 0.05) is 22.0 Å². The summed E-state index contributed by atoms with van der Waals surface area (Å²) in [6.07, 6.45) is 4.47. The van der Waals surface area contributed by atoms with Crippen molar-refractivity contribution in [2.75, 3.05) is 13.2 Å². The topological polar surface area (TPSA) is 159 Å². The summed E-state index contributed by atoms with van der Waals surface area (Å²) >= 11 is 0. The summed E-state index contributed by atoms with van der Waals surface area (Å²) in [5.74, 6) is -2.07. The number of carbonyl (C=O) groups is 6. The van der Waals surface area contributed by atoms with Crippen LogP contribution in [0.1, 0.15) is 114 Å². The van der Waals surface area contributed by atoms with Crippen LogP contribution in [0.3, 0.4) is 0 Å². The molecule has 2 saturated heterocycles. The van der Waals surface area contributed by atoms with E-state index >= 15 is 0 Å². The third-order valence-electron chi connectivity index (χ3n) is 11.0. The molecule has 7 rings (SSSR count). The van der Waals surface area contributed by atoms with Gasteiger partial charge in [0.25, 0.3) is 0 Å². The Kier molecular flexibility index (Phi) is 9.95. The van der Waals surface area contributed by atoms with Crippen LogP contribution in [-0.2, 0) is 28.5 Å². The number of benzene rings is 2. The van der Waals surface area contributed by atoms with Crippen LogP contribution in [0.2, 0.25) is 0 Å². The fourth-order valence-electron chi connectivity index (χ4n) is 7.88. The van der Waals surface area contributed by atoms with Gasteiger partial charge in [-0.3, -0.25) is 19.4 Å². The molecule has 4 aliphatic rings. The van der Waals surface area contributed by atoms with Gasteiger partial charge in [0.05, 0.1) is 5.52 Å². The Morgan fingerprint density at radius 2 is 1.11 bits per heavy atom. The number of rotatable bonds is 9. The van der Waals surface area contributed by atoms with Gasteiger partial charge in [-0.25, -0.2) is 24.2 Å². The average molecular weight is 768 g/mol. The Labute approximate surface area is 326 Å². The number of amides is 2. The monoisotopic (exact) mass is 767 g/mol. The standard InChI is InChI=1S/C43H49N3O10/c1-40(2,3)55-38(51)45-32(15-17-42(45)19-20-42)36(49)53-24-34(47)27-9-7-26(8-10-27)28-11-13-30-29(23-28)12-14-31(44-30)35(48)25-54-37(50)33-16-18-43(21-22-43)46(33)39(52)56-41(4,5)6/h7-14,23,32-33H,15-22,24-25H2,1-6H3/t32-,33-/m0/s1. The number of esters is 2. The molecule has 13 heteroatoms. The first-order valence-corrected chi connectivity index (χ1v) is 19.3. The molecule has 2 atom stereocenters. The molecule has 0 unspecified atom stereocenters. The van der Waals surface area contributed by atoms with E-state index in [1.54, 1.807) is 84.0 Å².